The van der Waals surface area contributed by atoms with E-state index in [1.807, 2.05) is 0 Å². The van der Waals surface area contributed by atoms with Crippen molar-refractivity contribution in [1.82, 2.24) is 0 Å². The monoisotopic (exact) mass is 935 g/mol. The van der Waals surface area contributed by atoms with Crippen LogP contribution in [-0.4, -0.2) is 37.2 Å². The van der Waals surface area contributed by atoms with E-state index in [-0.39, 0.29) is 31.1 Å². The molecule has 0 saturated heterocycles. The van der Waals surface area contributed by atoms with Crippen LogP contribution < -0.4 is 0 Å². The molecule has 0 rings (SSSR count). The fraction of sp³-hybridized carbons (Fsp3) is 0.754. The molecule has 0 aliphatic carbocycles. The lowest BCUT2D eigenvalue weighted by Gasteiger charge is -2.18. The molecule has 0 N–H and O–H groups in total. The van der Waals surface area contributed by atoms with E-state index in [9.17, 15) is 14.4 Å². The average Bonchev–Trinajstić information content (AvgIpc) is 3.33. The van der Waals surface area contributed by atoms with Crippen LogP contribution in [0.25, 0.3) is 0 Å². The molecule has 0 bridgehead atoms. The Hall–Kier alpha value is -3.15. The number of carbonyl (C=O) groups excluding carboxylic acids is 3. The first kappa shape index (κ1) is 63.8. The van der Waals surface area contributed by atoms with Crippen LogP contribution in [0.4, 0.5) is 0 Å². The minimum atomic E-state index is -0.764. The van der Waals surface area contributed by atoms with Crippen LogP contribution in [0.2, 0.25) is 0 Å². The van der Waals surface area contributed by atoms with Crippen molar-refractivity contribution in [3.8, 4) is 0 Å². The number of hydrogen-bond donors (Lipinski definition) is 0. The molecule has 1 atom stereocenters. The lowest BCUT2D eigenvalue weighted by atomic mass is 10.0. The van der Waals surface area contributed by atoms with E-state index in [0.717, 1.165) is 103 Å². The van der Waals surface area contributed by atoms with Crippen molar-refractivity contribution in [3.05, 3.63) is 72.9 Å². The van der Waals surface area contributed by atoms with E-state index in [4.69, 9.17) is 14.2 Å². The molecule has 1 unspecified atom stereocenters. The zero-order valence-corrected chi connectivity index (χ0v) is 44.2. The van der Waals surface area contributed by atoms with Gasteiger partial charge in [0.15, 0.2) is 6.10 Å². The summed E-state index contributed by atoms with van der Waals surface area (Å²) in [6.07, 6.45) is 71.1. The normalized spacial score (nSPS) is 12.6. The summed E-state index contributed by atoms with van der Waals surface area (Å²) in [6.45, 7) is 6.43. The minimum absolute atomic E-state index is 0.0710. The first-order chi connectivity index (χ1) is 33.0. The fourth-order valence-electron chi connectivity index (χ4n) is 7.98. The maximum absolute atomic E-state index is 12.6. The summed E-state index contributed by atoms with van der Waals surface area (Å²) in [4.78, 5) is 37.5. The molecule has 0 aliphatic heterocycles. The second kappa shape index (κ2) is 55.4. The Bertz CT molecular complexity index is 1260. The predicted octanol–water partition coefficient (Wildman–Crippen LogP) is 19.0. The topological polar surface area (TPSA) is 78.9 Å². The van der Waals surface area contributed by atoms with Gasteiger partial charge in [-0.15, -0.1) is 0 Å². The molecular weight excluding hydrogens is 829 g/mol. The lowest BCUT2D eigenvalue weighted by molar-refractivity contribution is -0.167. The van der Waals surface area contributed by atoms with E-state index in [0.29, 0.717) is 19.3 Å². The largest absolute Gasteiger partial charge is 0.462 e. The van der Waals surface area contributed by atoms with Gasteiger partial charge in [0.1, 0.15) is 13.2 Å². The zero-order chi connectivity index (χ0) is 48.6. The number of hydrogen-bond acceptors (Lipinski definition) is 6. The SMILES string of the molecule is CC/C=C\C/C=C\C/C=C\C/C=C\C/C=C\C/C=C\CCCCCCCCCCCCCCCCCCC(=O)OCC(COC(=O)CCCCCCC)OC(=O)CCCCCCCCCCC. The molecule has 67 heavy (non-hydrogen) atoms. The van der Waals surface area contributed by atoms with E-state index in [2.05, 4.69) is 93.7 Å². The van der Waals surface area contributed by atoms with Crippen LogP contribution in [0.15, 0.2) is 72.9 Å². The number of unbranched alkanes of at least 4 members (excludes halogenated alkanes) is 28. The first-order valence-electron chi connectivity index (χ1n) is 28.4. The van der Waals surface area contributed by atoms with Gasteiger partial charge in [0.05, 0.1) is 0 Å². The molecule has 0 fully saturated rings. The van der Waals surface area contributed by atoms with Crippen molar-refractivity contribution >= 4 is 17.9 Å². The van der Waals surface area contributed by atoms with Crippen LogP contribution >= 0.6 is 0 Å². The molecule has 0 heterocycles. The maximum Gasteiger partial charge on any atom is 0.306 e. The molecule has 0 aliphatic rings. The van der Waals surface area contributed by atoms with Gasteiger partial charge in [-0.25, -0.2) is 0 Å². The Morgan fingerprint density at radius 2 is 0.582 bits per heavy atom. The molecule has 0 radical (unpaired) electrons. The summed E-state index contributed by atoms with van der Waals surface area (Å²) in [6, 6.07) is 0. The van der Waals surface area contributed by atoms with Gasteiger partial charge in [0.2, 0.25) is 0 Å². The van der Waals surface area contributed by atoms with Crippen LogP contribution in [-0.2, 0) is 28.6 Å². The zero-order valence-electron chi connectivity index (χ0n) is 44.2. The summed E-state index contributed by atoms with van der Waals surface area (Å²) in [5.41, 5.74) is 0. The van der Waals surface area contributed by atoms with Gasteiger partial charge in [-0.05, 0) is 70.6 Å². The number of ether oxygens (including phenoxy) is 3. The van der Waals surface area contributed by atoms with Gasteiger partial charge < -0.3 is 14.2 Å². The molecule has 6 heteroatoms. The van der Waals surface area contributed by atoms with Gasteiger partial charge in [-0.2, -0.15) is 0 Å². The second-order valence-corrected chi connectivity index (χ2v) is 18.8. The first-order valence-corrected chi connectivity index (χ1v) is 28.4. The lowest BCUT2D eigenvalue weighted by Crippen LogP contribution is -2.30. The molecule has 0 spiro atoms. The summed E-state index contributed by atoms with van der Waals surface area (Å²) in [5, 5.41) is 0. The van der Waals surface area contributed by atoms with Gasteiger partial charge in [-0.3, -0.25) is 14.4 Å². The molecule has 386 valence electrons. The standard InChI is InChI=1S/C61H106O6/c1-4-7-10-13-15-17-18-19-20-21-22-23-24-25-26-27-28-29-30-31-32-33-34-35-36-37-38-39-40-41-42-44-45-48-51-54-60(63)66-57-58(56-65-59(62)53-50-47-12-9-6-3)67-61(64)55-52-49-46-43-16-14-11-8-5-2/h7,10,15,17,19-20,22-23,25-26,28-29,58H,4-6,8-9,11-14,16,18,21,24,27,30-57H2,1-3H3/b10-7-,17-15-,20-19-,23-22-,26-25-,29-28-. The highest BCUT2D eigenvalue weighted by molar-refractivity contribution is 5.71. The molecular formula is C61H106O6. The van der Waals surface area contributed by atoms with Gasteiger partial charge in [0.25, 0.3) is 0 Å². The van der Waals surface area contributed by atoms with Gasteiger partial charge in [0, 0.05) is 19.3 Å². The van der Waals surface area contributed by atoms with E-state index < -0.39 is 6.10 Å². The summed E-state index contributed by atoms with van der Waals surface area (Å²) < 4.78 is 16.6. The third-order valence-electron chi connectivity index (χ3n) is 12.2. The maximum atomic E-state index is 12.6. The fourth-order valence-corrected chi connectivity index (χ4v) is 7.98. The number of allylic oxidation sites excluding steroid dienone is 12. The van der Waals surface area contributed by atoms with E-state index in [1.165, 1.54) is 135 Å². The highest BCUT2D eigenvalue weighted by atomic mass is 16.6. The summed E-state index contributed by atoms with van der Waals surface area (Å²) in [7, 11) is 0. The van der Waals surface area contributed by atoms with Crippen molar-refractivity contribution in [2.24, 2.45) is 0 Å². The van der Waals surface area contributed by atoms with Crippen LogP contribution in [0.3, 0.4) is 0 Å². The third-order valence-corrected chi connectivity index (χ3v) is 12.2. The van der Waals surface area contributed by atoms with Crippen LogP contribution in [0.5, 0.6) is 0 Å². The van der Waals surface area contributed by atoms with Crippen molar-refractivity contribution in [2.75, 3.05) is 13.2 Å². The quantitative estimate of drug-likeness (QED) is 0.0262. The third kappa shape index (κ3) is 53.7. The predicted molar refractivity (Wildman–Crippen MR) is 288 cm³/mol. The van der Waals surface area contributed by atoms with Gasteiger partial charge in [-0.1, -0.05) is 261 Å². The van der Waals surface area contributed by atoms with Gasteiger partial charge >= 0.3 is 17.9 Å². The summed E-state index contributed by atoms with van der Waals surface area (Å²) >= 11 is 0. The molecule has 0 saturated carbocycles. The molecule has 0 aromatic carbocycles. The number of carbonyl (C=O) groups is 3. The Balaban J connectivity index is 3.85. The Labute approximate surface area is 414 Å². The molecule has 6 nitrogen and oxygen atoms in total. The van der Waals surface area contributed by atoms with Crippen LogP contribution in [0, 0.1) is 0 Å². The minimum Gasteiger partial charge on any atom is -0.462 e. The molecule has 0 amide bonds. The number of rotatable bonds is 51. The van der Waals surface area contributed by atoms with E-state index in [1.54, 1.807) is 0 Å². The molecule has 0 aromatic heterocycles. The smallest absolute Gasteiger partial charge is 0.306 e. The molecule has 0 aromatic rings. The van der Waals surface area contributed by atoms with Crippen molar-refractivity contribution in [1.29, 1.82) is 0 Å². The highest BCUT2D eigenvalue weighted by Gasteiger charge is 2.19. The Morgan fingerprint density at radius 3 is 0.910 bits per heavy atom. The average molecular weight is 936 g/mol. The van der Waals surface area contributed by atoms with Crippen molar-refractivity contribution in [3.63, 3.8) is 0 Å². The number of esters is 3. The van der Waals surface area contributed by atoms with Crippen molar-refractivity contribution in [2.45, 2.75) is 284 Å². The Kier molecular flexibility index (Phi) is 52.8. The second-order valence-electron chi connectivity index (χ2n) is 18.8. The summed E-state index contributed by atoms with van der Waals surface area (Å²) in [5.74, 6) is -0.882. The Morgan fingerprint density at radius 1 is 0.313 bits per heavy atom. The highest BCUT2D eigenvalue weighted by Crippen LogP contribution is 2.16. The van der Waals surface area contributed by atoms with Crippen LogP contribution in [0.1, 0.15) is 278 Å². The van der Waals surface area contributed by atoms with Crippen molar-refractivity contribution < 1.29 is 28.6 Å². The van der Waals surface area contributed by atoms with E-state index >= 15 is 0 Å².